The third kappa shape index (κ3) is 5.61. The van der Waals surface area contributed by atoms with E-state index in [1.165, 1.54) is 57.9 Å². The van der Waals surface area contributed by atoms with Gasteiger partial charge < -0.3 is 0 Å². The molecule has 0 aromatic heterocycles. The molecular formula is C15H30ClN. The molecule has 1 nitrogen and oxygen atoms in total. The second-order valence-electron chi connectivity index (χ2n) is 5.57. The van der Waals surface area contributed by atoms with E-state index in [0.29, 0.717) is 0 Å². The van der Waals surface area contributed by atoms with Gasteiger partial charge in [0.05, 0.1) is 0 Å². The van der Waals surface area contributed by atoms with Crippen LogP contribution in [0.5, 0.6) is 0 Å². The van der Waals surface area contributed by atoms with E-state index in [2.05, 4.69) is 18.7 Å². The van der Waals surface area contributed by atoms with Crippen LogP contribution in [-0.4, -0.2) is 29.9 Å². The molecule has 0 aromatic carbocycles. The highest BCUT2D eigenvalue weighted by molar-refractivity contribution is 6.18. The maximum absolute atomic E-state index is 5.94. The first-order valence-electron chi connectivity index (χ1n) is 7.61. The Kier molecular flexibility index (Phi) is 8.30. The van der Waals surface area contributed by atoms with Crippen molar-refractivity contribution in [2.45, 2.75) is 71.3 Å². The Morgan fingerprint density at radius 1 is 1.06 bits per heavy atom. The van der Waals surface area contributed by atoms with E-state index in [-0.39, 0.29) is 0 Å². The summed E-state index contributed by atoms with van der Waals surface area (Å²) in [7, 11) is 0. The molecule has 1 heterocycles. The number of halogens is 1. The smallest absolute Gasteiger partial charge is 0.0351 e. The SMILES string of the molecule is CCCCC1CCC(CCCC)N(CCCl)C1. The van der Waals surface area contributed by atoms with Crippen molar-refractivity contribution < 1.29 is 0 Å². The van der Waals surface area contributed by atoms with E-state index in [0.717, 1.165) is 24.4 Å². The fourth-order valence-electron chi connectivity index (χ4n) is 3.06. The van der Waals surface area contributed by atoms with Gasteiger partial charge in [0.2, 0.25) is 0 Å². The monoisotopic (exact) mass is 259 g/mol. The van der Waals surface area contributed by atoms with Crippen molar-refractivity contribution in [2.75, 3.05) is 19.0 Å². The number of likely N-dealkylation sites (tertiary alicyclic amines) is 1. The van der Waals surface area contributed by atoms with Crippen LogP contribution in [0.1, 0.15) is 65.2 Å². The number of alkyl halides is 1. The van der Waals surface area contributed by atoms with Crippen molar-refractivity contribution in [3.63, 3.8) is 0 Å². The van der Waals surface area contributed by atoms with Crippen molar-refractivity contribution in [2.24, 2.45) is 5.92 Å². The first-order chi connectivity index (χ1) is 8.31. The topological polar surface area (TPSA) is 3.24 Å². The van der Waals surface area contributed by atoms with Gasteiger partial charge in [0.25, 0.3) is 0 Å². The van der Waals surface area contributed by atoms with E-state index in [1.807, 2.05) is 0 Å². The van der Waals surface area contributed by atoms with Gasteiger partial charge in [-0.1, -0.05) is 39.5 Å². The molecule has 1 saturated heterocycles. The summed E-state index contributed by atoms with van der Waals surface area (Å²) in [6.45, 7) is 6.99. The second kappa shape index (κ2) is 9.22. The van der Waals surface area contributed by atoms with Gasteiger partial charge in [-0.2, -0.15) is 0 Å². The molecule has 0 amide bonds. The number of hydrogen-bond acceptors (Lipinski definition) is 1. The summed E-state index contributed by atoms with van der Waals surface area (Å²) in [6, 6.07) is 0.826. The molecule has 0 radical (unpaired) electrons. The zero-order valence-corrected chi connectivity index (χ0v) is 12.5. The van der Waals surface area contributed by atoms with Crippen molar-refractivity contribution in [1.82, 2.24) is 4.90 Å². The van der Waals surface area contributed by atoms with Crippen LogP contribution < -0.4 is 0 Å². The lowest BCUT2D eigenvalue weighted by molar-refractivity contribution is 0.102. The lowest BCUT2D eigenvalue weighted by Crippen LogP contribution is -2.44. The fraction of sp³-hybridized carbons (Fsp3) is 1.00. The quantitative estimate of drug-likeness (QED) is 0.572. The van der Waals surface area contributed by atoms with E-state index < -0.39 is 0 Å². The Bertz CT molecular complexity index is 184. The van der Waals surface area contributed by atoms with Gasteiger partial charge >= 0.3 is 0 Å². The van der Waals surface area contributed by atoms with Gasteiger partial charge in [-0.15, -0.1) is 11.6 Å². The molecule has 0 aliphatic carbocycles. The Morgan fingerprint density at radius 2 is 1.76 bits per heavy atom. The van der Waals surface area contributed by atoms with Crippen LogP contribution in [0.3, 0.4) is 0 Å². The van der Waals surface area contributed by atoms with Crippen LogP contribution in [0.15, 0.2) is 0 Å². The second-order valence-corrected chi connectivity index (χ2v) is 5.94. The van der Waals surface area contributed by atoms with Gasteiger partial charge in [-0.25, -0.2) is 0 Å². The molecule has 0 spiro atoms. The predicted molar refractivity (Wildman–Crippen MR) is 77.9 cm³/mol. The molecule has 102 valence electrons. The Labute approximate surface area is 113 Å². The van der Waals surface area contributed by atoms with Crippen molar-refractivity contribution >= 4 is 11.6 Å². The van der Waals surface area contributed by atoms with E-state index in [9.17, 15) is 0 Å². The third-order valence-corrected chi connectivity index (χ3v) is 4.31. The summed E-state index contributed by atoms with van der Waals surface area (Å²) in [5, 5.41) is 0. The Morgan fingerprint density at radius 3 is 2.41 bits per heavy atom. The van der Waals surface area contributed by atoms with Crippen LogP contribution >= 0.6 is 11.6 Å². The minimum absolute atomic E-state index is 0.795. The molecule has 0 aromatic rings. The summed E-state index contributed by atoms with van der Waals surface area (Å²) >= 11 is 5.94. The maximum Gasteiger partial charge on any atom is 0.0351 e. The molecule has 2 atom stereocenters. The Hall–Kier alpha value is 0.250. The number of nitrogens with zero attached hydrogens (tertiary/aromatic N) is 1. The molecule has 0 saturated carbocycles. The van der Waals surface area contributed by atoms with Gasteiger partial charge in [0.1, 0.15) is 0 Å². The highest BCUT2D eigenvalue weighted by atomic mass is 35.5. The number of rotatable bonds is 8. The predicted octanol–water partition coefficient (Wildman–Crippen LogP) is 4.69. The summed E-state index contributed by atoms with van der Waals surface area (Å²) in [5.41, 5.74) is 0. The number of piperidine rings is 1. The van der Waals surface area contributed by atoms with Crippen LogP contribution in [-0.2, 0) is 0 Å². The third-order valence-electron chi connectivity index (χ3n) is 4.15. The summed E-state index contributed by atoms with van der Waals surface area (Å²) in [4.78, 5) is 2.67. The average Bonchev–Trinajstić information content (AvgIpc) is 2.35. The summed E-state index contributed by atoms with van der Waals surface area (Å²) in [5.74, 6) is 1.74. The average molecular weight is 260 g/mol. The minimum Gasteiger partial charge on any atom is -0.299 e. The van der Waals surface area contributed by atoms with Crippen molar-refractivity contribution in [3.05, 3.63) is 0 Å². The van der Waals surface area contributed by atoms with Crippen LogP contribution in [0.4, 0.5) is 0 Å². The molecule has 1 rings (SSSR count). The molecule has 2 unspecified atom stereocenters. The van der Waals surface area contributed by atoms with Crippen molar-refractivity contribution in [3.8, 4) is 0 Å². The highest BCUT2D eigenvalue weighted by Gasteiger charge is 2.26. The number of hydrogen-bond donors (Lipinski definition) is 0. The first-order valence-corrected chi connectivity index (χ1v) is 8.15. The van der Waals surface area contributed by atoms with Gasteiger partial charge in [-0.05, 0) is 31.6 Å². The molecule has 2 heteroatoms. The first kappa shape index (κ1) is 15.3. The zero-order valence-electron chi connectivity index (χ0n) is 11.8. The maximum atomic E-state index is 5.94. The van der Waals surface area contributed by atoms with E-state index in [1.54, 1.807) is 0 Å². The standard InChI is InChI=1S/C15H30ClN/c1-3-5-7-14-9-10-15(8-6-4-2)17(13-14)12-11-16/h14-15H,3-13H2,1-2H3. The molecule has 1 aliphatic heterocycles. The molecule has 0 bridgehead atoms. The van der Waals surface area contributed by atoms with Crippen molar-refractivity contribution in [1.29, 1.82) is 0 Å². The van der Waals surface area contributed by atoms with Gasteiger partial charge in [0, 0.05) is 25.0 Å². The fourth-order valence-corrected chi connectivity index (χ4v) is 3.28. The Balaban J connectivity index is 2.36. The van der Waals surface area contributed by atoms with E-state index in [4.69, 9.17) is 11.6 Å². The minimum atomic E-state index is 0.795. The summed E-state index contributed by atoms with van der Waals surface area (Å²) in [6.07, 6.45) is 11.1. The van der Waals surface area contributed by atoms with Crippen LogP contribution in [0.2, 0.25) is 0 Å². The van der Waals surface area contributed by atoms with Gasteiger partial charge in [0.15, 0.2) is 0 Å². The zero-order chi connectivity index (χ0) is 12.5. The van der Waals surface area contributed by atoms with E-state index >= 15 is 0 Å². The van der Waals surface area contributed by atoms with Gasteiger partial charge in [-0.3, -0.25) is 4.90 Å². The molecule has 0 N–H and O–H groups in total. The molecule has 1 fully saturated rings. The molecular weight excluding hydrogens is 230 g/mol. The lowest BCUT2D eigenvalue weighted by Gasteiger charge is -2.39. The largest absolute Gasteiger partial charge is 0.299 e. The molecule has 17 heavy (non-hydrogen) atoms. The molecule has 1 aliphatic rings. The number of unbranched alkanes of at least 4 members (excludes halogenated alkanes) is 2. The van der Waals surface area contributed by atoms with Crippen LogP contribution in [0, 0.1) is 5.92 Å². The highest BCUT2D eigenvalue weighted by Crippen LogP contribution is 2.28. The summed E-state index contributed by atoms with van der Waals surface area (Å²) < 4.78 is 0. The normalized spacial score (nSPS) is 26.3. The van der Waals surface area contributed by atoms with Crippen LogP contribution in [0.25, 0.3) is 0 Å². The lowest BCUT2D eigenvalue weighted by atomic mass is 9.87.